The minimum absolute atomic E-state index is 0.0633. The fourth-order valence-corrected chi connectivity index (χ4v) is 3.91. The minimum atomic E-state index is 0.0633. The summed E-state index contributed by atoms with van der Waals surface area (Å²) in [6, 6.07) is 19.8. The molecule has 2 aromatic carbocycles. The molecule has 0 atom stereocenters. The van der Waals surface area contributed by atoms with Crippen LogP contribution in [-0.4, -0.2) is 24.1 Å². The van der Waals surface area contributed by atoms with Gasteiger partial charge in [0.05, 0.1) is 4.88 Å². The maximum atomic E-state index is 12.9. The molecule has 0 radical (unpaired) electrons. The van der Waals surface area contributed by atoms with E-state index in [0.717, 1.165) is 32.4 Å². The lowest BCUT2D eigenvalue weighted by molar-refractivity contribution is 0.0757. The Labute approximate surface area is 156 Å². The molecule has 0 aliphatic carbocycles. The van der Waals surface area contributed by atoms with E-state index in [4.69, 9.17) is 9.47 Å². The van der Waals surface area contributed by atoms with Crippen molar-refractivity contribution < 1.29 is 14.3 Å². The molecule has 0 saturated heterocycles. The van der Waals surface area contributed by atoms with Gasteiger partial charge in [0, 0.05) is 18.0 Å². The van der Waals surface area contributed by atoms with Gasteiger partial charge in [-0.25, -0.2) is 0 Å². The highest BCUT2D eigenvalue weighted by molar-refractivity contribution is 7.17. The molecule has 0 bridgehead atoms. The van der Waals surface area contributed by atoms with E-state index >= 15 is 0 Å². The number of hydrogen-bond donors (Lipinski definition) is 0. The molecule has 4 rings (SSSR count). The van der Waals surface area contributed by atoms with Gasteiger partial charge in [-0.3, -0.25) is 4.79 Å². The molecule has 0 spiro atoms. The van der Waals surface area contributed by atoms with Crippen molar-refractivity contribution in [2.75, 3.05) is 13.3 Å². The van der Waals surface area contributed by atoms with Crippen molar-refractivity contribution in [2.24, 2.45) is 0 Å². The molecule has 1 aromatic heterocycles. The zero-order valence-corrected chi connectivity index (χ0v) is 15.3. The second-order valence-corrected chi connectivity index (χ2v) is 7.12. The Hall–Kier alpha value is -2.79. The summed E-state index contributed by atoms with van der Waals surface area (Å²) in [6.07, 6.45) is 0. The van der Waals surface area contributed by atoms with Crippen LogP contribution in [0.1, 0.15) is 22.2 Å². The van der Waals surface area contributed by atoms with Gasteiger partial charge in [0.15, 0.2) is 11.5 Å². The van der Waals surface area contributed by atoms with Gasteiger partial charge in [0.25, 0.3) is 5.91 Å². The number of nitrogens with zero attached hydrogens (tertiary/aromatic N) is 1. The lowest BCUT2D eigenvalue weighted by atomic mass is 10.1. The summed E-state index contributed by atoms with van der Waals surface area (Å²) in [5.41, 5.74) is 2.17. The standard InChI is InChI=1S/C21H19NO3S/c1-2-22(13-15-6-4-3-5-7-15)21(23)20-11-10-19(26-20)16-8-9-17-18(12-16)25-14-24-17/h3-12H,2,13-14H2,1H3. The van der Waals surface area contributed by atoms with Gasteiger partial charge in [-0.2, -0.15) is 0 Å². The van der Waals surface area contributed by atoms with Gasteiger partial charge in [0.2, 0.25) is 6.79 Å². The molecule has 0 unspecified atom stereocenters. The topological polar surface area (TPSA) is 38.8 Å². The number of carbonyl (C=O) groups is 1. The summed E-state index contributed by atoms with van der Waals surface area (Å²) in [6.45, 7) is 3.56. The van der Waals surface area contributed by atoms with E-state index in [0.29, 0.717) is 13.1 Å². The molecule has 3 aromatic rings. The predicted molar refractivity (Wildman–Crippen MR) is 103 cm³/mol. The van der Waals surface area contributed by atoms with Gasteiger partial charge >= 0.3 is 0 Å². The second-order valence-electron chi connectivity index (χ2n) is 6.04. The molecule has 0 N–H and O–H groups in total. The third-order valence-corrected chi connectivity index (χ3v) is 5.48. The Bertz CT molecular complexity index is 920. The van der Waals surface area contributed by atoms with Crippen molar-refractivity contribution in [3.05, 3.63) is 71.1 Å². The van der Waals surface area contributed by atoms with Gasteiger partial charge in [0.1, 0.15) is 0 Å². The van der Waals surface area contributed by atoms with Crippen molar-refractivity contribution >= 4 is 17.2 Å². The lowest BCUT2D eigenvalue weighted by Gasteiger charge is -2.20. The molecule has 1 amide bonds. The van der Waals surface area contributed by atoms with Crippen LogP contribution in [0.4, 0.5) is 0 Å². The summed E-state index contributed by atoms with van der Waals surface area (Å²) in [4.78, 5) is 16.6. The molecule has 4 nitrogen and oxygen atoms in total. The Morgan fingerprint density at radius 1 is 1.04 bits per heavy atom. The van der Waals surface area contributed by atoms with E-state index in [2.05, 4.69) is 0 Å². The molecule has 2 heterocycles. The van der Waals surface area contributed by atoms with Crippen LogP contribution in [0.25, 0.3) is 10.4 Å². The van der Waals surface area contributed by atoms with Crippen molar-refractivity contribution in [1.82, 2.24) is 4.90 Å². The first-order valence-electron chi connectivity index (χ1n) is 8.57. The quantitative estimate of drug-likeness (QED) is 0.651. The summed E-state index contributed by atoms with van der Waals surface area (Å²) in [7, 11) is 0. The van der Waals surface area contributed by atoms with Crippen molar-refractivity contribution in [3.63, 3.8) is 0 Å². The van der Waals surface area contributed by atoms with Crippen molar-refractivity contribution in [1.29, 1.82) is 0 Å². The number of rotatable bonds is 5. The minimum Gasteiger partial charge on any atom is -0.454 e. The number of amides is 1. The summed E-state index contributed by atoms with van der Waals surface area (Å²) in [5, 5.41) is 0. The number of fused-ring (bicyclic) bond motifs is 1. The van der Waals surface area contributed by atoms with Crippen LogP contribution in [0.5, 0.6) is 11.5 Å². The smallest absolute Gasteiger partial charge is 0.264 e. The third-order valence-electron chi connectivity index (χ3n) is 4.36. The van der Waals surface area contributed by atoms with Crippen LogP contribution in [0.15, 0.2) is 60.7 Å². The molecule has 0 saturated carbocycles. The van der Waals surface area contributed by atoms with E-state index in [1.54, 1.807) is 0 Å². The largest absolute Gasteiger partial charge is 0.454 e. The number of ether oxygens (including phenoxy) is 2. The van der Waals surface area contributed by atoms with Crippen LogP contribution >= 0.6 is 11.3 Å². The summed E-state index contributed by atoms with van der Waals surface area (Å²) in [5.74, 6) is 1.58. The van der Waals surface area contributed by atoms with Crippen molar-refractivity contribution in [3.8, 4) is 21.9 Å². The second kappa shape index (κ2) is 7.22. The van der Waals surface area contributed by atoms with E-state index in [9.17, 15) is 4.79 Å². The first-order valence-corrected chi connectivity index (χ1v) is 9.39. The van der Waals surface area contributed by atoms with E-state index < -0.39 is 0 Å². The van der Waals surface area contributed by atoms with Crippen LogP contribution in [0, 0.1) is 0 Å². The molecular weight excluding hydrogens is 346 g/mol. The Morgan fingerprint density at radius 2 is 1.85 bits per heavy atom. The number of thiophene rings is 1. The maximum Gasteiger partial charge on any atom is 0.264 e. The Balaban J connectivity index is 1.54. The zero-order chi connectivity index (χ0) is 17.9. The highest BCUT2D eigenvalue weighted by Gasteiger charge is 2.19. The van der Waals surface area contributed by atoms with Gasteiger partial charge < -0.3 is 14.4 Å². The number of carbonyl (C=O) groups excluding carboxylic acids is 1. The predicted octanol–water partition coefficient (Wildman–Crippen LogP) is 4.81. The molecule has 132 valence electrons. The van der Waals surface area contributed by atoms with Crippen LogP contribution in [-0.2, 0) is 6.54 Å². The molecule has 5 heteroatoms. The van der Waals surface area contributed by atoms with Crippen LogP contribution < -0.4 is 9.47 Å². The normalized spacial score (nSPS) is 12.2. The molecule has 1 aliphatic heterocycles. The first kappa shape index (κ1) is 16.7. The fourth-order valence-electron chi connectivity index (χ4n) is 2.94. The fraction of sp³-hybridized carbons (Fsp3) is 0.190. The molecule has 1 aliphatic rings. The van der Waals surface area contributed by atoms with E-state index in [-0.39, 0.29) is 12.7 Å². The number of hydrogen-bond acceptors (Lipinski definition) is 4. The average molecular weight is 365 g/mol. The highest BCUT2D eigenvalue weighted by atomic mass is 32.1. The monoisotopic (exact) mass is 365 g/mol. The lowest BCUT2D eigenvalue weighted by Crippen LogP contribution is -2.29. The van der Waals surface area contributed by atoms with Crippen LogP contribution in [0.2, 0.25) is 0 Å². The Kier molecular flexibility index (Phi) is 4.63. The number of benzene rings is 2. The van der Waals surface area contributed by atoms with E-state index in [1.807, 2.05) is 72.5 Å². The summed E-state index contributed by atoms with van der Waals surface area (Å²) >= 11 is 1.51. The Morgan fingerprint density at radius 3 is 2.65 bits per heavy atom. The third kappa shape index (κ3) is 3.30. The van der Waals surface area contributed by atoms with E-state index in [1.165, 1.54) is 11.3 Å². The molecular formula is C21H19NO3S. The maximum absolute atomic E-state index is 12.9. The van der Waals surface area contributed by atoms with Crippen molar-refractivity contribution in [2.45, 2.75) is 13.5 Å². The highest BCUT2D eigenvalue weighted by Crippen LogP contribution is 2.38. The first-order chi connectivity index (χ1) is 12.7. The molecule has 0 fully saturated rings. The molecule has 26 heavy (non-hydrogen) atoms. The van der Waals surface area contributed by atoms with Gasteiger partial charge in [-0.1, -0.05) is 30.3 Å². The van der Waals surface area contributed by atoms with Gasteiger partial charge in [-0.05, 0) is 48.4 Å². The SMILES string of the molecule is CCN(Cc1ccccc1)C(=O)c1ccc(-c2ccc3c(c2)OCO3)s1. The van der Waals surface area contributed by atoms with Crippen LogP contribution in [0.3, 0.4) is 0 Å². The zero-order valence-electron chi connectivity index (χ0n) is 14.5. The van der Waals surface area contributed by atoms with Gasteiger partial charge in [-0.15, -0.1) is 11.3 Å². The average Bonchev–Trinajstić information content (AvgIpc) is 3.35. The summed E-state index contributed by atoms with van der Waals surface area (Å²) < 4.78 is 10.8.